The van der Waals surface area contributed by atoms with Crippen molar-refractivity contribution in [2.24, 2.45) is 7.05 Å². The SMILES string of the molecule is CCc1nn(C)c(C(=O)Nc2c(F)cc(F)cc2F)c1N. The van der Waals surface area contributed by atoms with Gasteiger partial charge in [-0.2, -0.15) is 5.10 Å². The Labute approximate surface area is 118 Å². The number of benzene rings is 1. The van der Waals surface area contributed by atoms with Crippen LogP contribution in [-0.2, 0) is 13.5 Å². The highest BCUT2D eigenvalue weighted by Crippen LogP contribution is 2.23. The quantitative estimate of drug-likeness (QED) is 0.912. The molecule has 0 aliphatic heterocycles. The number of halogens is 3. The molecule has 1 aromatic carbocycles. The number of nitrogens with two attached hydrogens (primary N) is 1. The first-order chi connectivity index (χ1) is 9.85. The van der Waals surface area contributed by atoms with E-state index in [0.717, 1.165) is 0 Å². The Morgan fingerprint density at radius 3 is 2.38 bits per heavy atom. The van der Waals surface area contributed by atoms with Crippen LogP contribution in [0.4, 0.5) is 24.5 Å². The summed E-state index contributed by atoms with van der Waals surface area (Å²) in [7, 11) is 1.49. The van der Waals surface area contributed by atoms with Gasteiger partial charge in [-0.1, -0.05) is 6.92 Å². The van der Waals surface area contributed by atoms with Crippen LogP contribution in [0.5, 0.6) is 0 Å². The molecular formula is C13H13F3N4O. The van der Waals surface area contributed by atoms with E-state index in [1.807, 2.05) is 5.32 Å². The summed E-state index contributed by atoms with van der Waals surface area (Å²) in [5.41, 5.74) is 5.66. The van der Waals surface area contributed by atoms with Gasteiger partial charge in [-0.05, 0) is 6.42 Å². The van der Waals surface area contributed by atoms with Gasteiger partial charge in [0.05, 0.1) is 11.4 Å². The van der Waals surface area contributed by atoms with Gasteiger partial charge in [0.15, 0.2) is 11.6 Å². The molecule has 0 saturated heterocycles. The van der Waals surface area contributed by atoms with Crippen molar-refractivity contribution in [3.8, 4) is 0 Å². The predicted molar refractivity (Wildman–Crippen MR) is 71.3 cm³/mol. The molecule has 112 valence electrons. The van der Waals surface area contributed by atoms with Crippen LogP contribution in [0.2, 0.25) is 0 Å². The lowest BCUT2D eigenvalue weighted by molar-refractivity contribution is 0.101. The van der Waals surface area contributed by atoms with E-state index in [4.69, 9.17) is 5.73 Å². The molecule has 1 aromatic heterocycles. The normalized spacial score (nSPS) is 10.7. The Bertz CT molecular complexity index is 689. The highest BCUT2D eigenvalue weighted by molar-refractivity contribution is 6.06. The van der Waals surface area contributed by atoms with Crippen molar-refractivity contribution >= 4 is 17.3 Å². The fourth-order valence-corrected chi connectivity index (χ4v) is 1.96. The molecule has 8 heteroatoms. The minimum Gasteiger partial charge on any atom is -0.395 e. The van der Waals surface area contributed by atoms with Crippen molar-refractivity contribution in [2.45, 2.75) is 13.3 Å². The molecule has 1 amide bonds. The summed E-state index contributed by atoms with van der Waals surface area (Å²) in [5, 5.41) is 6.08. The molecule has 2 rings (SSSR count). The number of nitrogen functional groups attached to an aromatic ring is 1. The van der Waals surface area contributed by atoms with Crippen molar-refractivity contribution in [1.29, 1.82) is 0 Å². The van der Waals surface area contributed by atoms with Gasteiger partial charge >= 0.3 is 0 Å². The monoisotopic (exact) mass is 298 g/mol. The Balaban J connectivity index is 2.37. The van der Waals surface area contributed by atoms with Crippen molar-refractivity contribution in [2.75, 3.05) is 11.1 Å². The van der Waals surface area contributed by atoms with E-state index in [9.17, 15) is 18.0 Å². The highest BCUT2D eigenvalue weighted by atomic mass is 19.1. The molecule has 0 aliphatic carbocycles. The molecule has 0 radical (unpaired) electrons. The van der Waals surface area contributed by atoms with Gasteiger partial charge in [0.2, 0.25) is 0 Å². The maximum absolute atomic E-state index is 13.5. The zero-order valence-electron chi connectivity index (χ0n) is 11.4. The number of aromatic nitrogens is 2. The Morgan fingerprint density at radius 1 is 1.33 bits per heavy atom. The molecule has 0 aliphatic rings. The Hall–Kier alpha value is -2.51. The van der Waals surface area contributed by atoms with Gasteiger partial charge < -0.3 is 11.1 Å². The third kappa shape index (κ3) is 2.69. The predicted octanol–water partition coefficient (Wildman–Crippen LogP) is 2.23. The van der Waals surface area contributed by atoms with E-state index in [-0.39, 0.29) is 11.4 Å². The van der Waals surface area contributed by atoms with Crippen molar-refractivity contribution in [3.05, 3.63) is 41.0 Å². The number of rotatable bonds is 3. The minimum absolute atomic E-state index is 0.0185. The second-order valence-corrected chi connectivity index (χ2v) is 4.38. The van der Waals surface area contributed by atoms with Gasteiger partial charge in [-0.3, -0.25) is 9.48 Å². The summed E-state index contributed by atoms with van der Waals surface area (Å²) >= 11 is 0. The lowest BCUT2D eigenvalue weighted by atomic mass is 10.2. The number of nitrogens with zero attached hydrogens (tertiary/aromatic N) is 2. The fourth-order valence-electron chi connectivity index (χ4n) is 1.96. The van der Waals surface area contributed by atoms with Crippen LogP contribution >= 0.6 is 0 Å². The lowest BCUT2D eigenvalue weighted by Gasteiger charge is -2.08. The van der Waals surface area contributed by atoms with Crippen LogP contribution in [0.25, 0.3) is 0 Å². The first-order valence-electron chi connectivity index (χ1n) is 6.12. The molecule has 5 nitrogen and oxygen atoms in total. The topological polar surface area (TPSA) is 72.9 Å². The van der Waals surface area contributed by atoms with E-state index in [2.05, 4.69) is 5.10 Å². The average Bonchev–Trinajstić information content (AvgIpc) is 2.68. The number of aryl methyl sites for hydroxylation is 2. The Kier molecular flexibility index (Phi) is 3.88. The summed E-state index contributed by atoms with van der Waals surface area (Å²) < 4.78 is 41.1. The molecule has 0 fully saturated rings. The summed E-state index contributed by atoms with van der Waals surface area (Å²) in [6.07, 6.45) is 0.506. The molecule has 0 spiro atoms. The summed E-state index contributed by atoms with van der Waals surface area (Å²) in [6, 6.07) is 0.950. The van der Waals surface area contributed by atoms with Crippen molar-refractivity contribution in [1.82, 2.24) is 9.78 Å². The number of anilines is 2. The summed E-state index contributed by atoms with van der Waals surface area (Å²) in [4.78, 5) is 12.1. The number of carbonyl (C=O) groups excluding carboxylic acids is 1. The van der Waals surface area contributed by atoms with E-state index >= 15 is 0 Å². The van der Waals surface area contributed by atoms with Crippen LogP contribution in [-0.4, -0.2) is 15.7 Å². The van der Waals surface area contributed by atoms with Gasteiger partial charge in [0.25, 0.3) is 5.91 Å². The number of carbonyl (C=O) groups is 1. The van der Waals surface area contributed by atoms with E-state index in [1.165, 1.54) is 11.7 Å². The molecule has 3 N–H and O–H groups in total. The van der Waals surface area contributed by atoms with Crippen LogP contribution in [0.1, 0.15) is 23.1 Å². The number of amides is 1. The molecule has 1 heterocycles. The molecule has 0 unspecified atom stereocenters. The van der Waals surface area contributed by atoms with Crippen molar-refractivity contribution in [3.63, 3.8) is 0 Å². The smallest absolute Gasteiger partial charge is 0.276 e. The van der Waals surface area contributed by atoms with Gasteiger partial charge in [-0.25, -0.2) is 13.2 Å². The maximum atomic E-state index is 13.5. The fraction of sp³-hybridized carbons (Fsp3) is 0.231. The zero-order chi connectivity index (χ0) is 15.7. The molecule has 0 atom stereocenters. The largest absolute Gasteiger partial charge is 0.395 e. The third-order valence-electron chi connectivity index (χ3n) is 2.96. The molecular weight excluding hydrogens is 285 g/mol. The second-order valence-electron chi connectivity index (χ2n) is 4.38. The van der Waals surface area contributed by atoms with E-state index in [1.54, 1.807) is 6.92 Å². The Morgan fingerprint density at radius 2 is 1.90 bits per heavy atom. The molecule has 2 aromatic rings. The first-order valence-corrected chi connectivity index (χ1v) is 6.12. The van der Waals surface area contributed by atoms with Crippen LogP contribution in [0, 0.1) is 17.5 Å². The molecule has 0 bridgehead atoms. The van der Waals surface area contributed by atoms with Crippen LogP contribution < -0.4 is 11.1 Å². The lowest BCUT2D eigenvalue weighted by Crippen LogP contribution is -2.19. The zero-order valence-corrected chi connectivity index (χ0v) is 11.4. The first kappa shape index (κ1) is 14.9. The molecule has 0 saturated carbocycles. The van der Waals surface area contributed by atoms with Gasteiger partial charge in [-0.15, -0.1) is 0 Å². The maximum Gasteiger partial charge on any atom is 0.276 e. The number of nitrogens with one attached hydrogen (secondary N) is 1. The van der Waals surface area contributed by atoms with Gasteiger partial charge in [0.1, 0.15) is 17.2 Å². The number of hydrogen-bond donors (Lipinski definition) is 2. The molecule has 21 heavy (non-hydrogen) atoms. The summed E-state index contributed by atoms with van der Waals surface area (Å²) in [5.74, 6) is -4.32. The van der Waals surface area contributed by atoms with Crippen LogP contribution in [0.3, 0.4) is 0 Å². The summed E-state index contributed by atoms with van der Waals surface area (Å²) in [6.45, 7) is 1.81. The van der Waals surface area contributed by atoms with Gasteiger partial charge in [0, 0.05) is 19.2 Å². The minimum atomic E-state index is -1.21. The number of hydrogen-bond acceptors (Lipinski definition) is 3. The van der Waals surface area contributed by atoms with E-state index < -0.39 is 29.0 Å². The van der Waals surface area contributed by atoms with E-state index in [0.29, 0.717) is 24.2 Å². The average molecular weight is 298 g/mol. The standard InChI is InChI=1S/C13H13F3N4O/c1-3-9-10(17)12(20(2)19-9)13(21)18-11-7(15)4-6(14)5-8(11)16/h4-5H,3,17H2,1-2H3,(H,18,21). The second kappa shape index (κ2) is 5.47. The third-order valence-corrected chi connectivity index (χ3v) is 2.96. The van der Waals surface area contributed by atoms with Crippen LogP contribution in [0.15, 0.2) is 12.1 Å². The highest BCUT2D eigenvalue weighted by Gasteiger charge is 2.22. The van der Waals surface area contributed by atoms with Crippen molar-refractivity contribution < 1.29 is 18.0 Å².